The molecule has 1 amide bonds. The minimum atomic E-state index is 0.0781. The third kappa shape index (κ3) is 2.55. The molecule has 1 aromatic rings. The fourth-order valence-corrected chi connectivity index (χ4v) is 3.87. The number of rotatable bonds is 2. The van der Waals surface area contributed by atoms with Crippen molar-refractivity contribution in [1.82, 2.24) is 5.32 Å². The summed E-state index contributed by atoms with van der Waals surface area (Å²) in [5.41, 5.74) is 1.37. The molecule has 0 radical (unpaired) electrons. The van der Waals surface area contributed by atoms with Crippen molar-refractivity contribution in [2.75, 3.05) is 5.75 Å². The Labute approximate surface area is 98.5 Å². The Morgan fingerprint density at radius 3 is 3.00 bits per heavy atom. The fourth-order valence-electron chi connectivity index (χ4n) is 1.59. The van der Waals surface area contributed by atoms with E-state index in [1.807, 2.05) is 25.6 Å². The molecule has 2 nitrogen and oxygen atoms in total. The second-order valence-corrected chi connectivity index (χ2v) is 6.23. The Morgan fingerprint density at radius 2 is 2.33 bits per heavy atom. The molecule has 82 valence electrons. The minimum Gasteiger partial charge on any atom is -0.349 e. The molecule has 0 spiro atoms. The van der Waals surface area contributed by atoms with E-state index in [9.17, 15) is 4.79 Å². The van der Waals surface area contributed by atoms with Gasteiger partial charge < -0.3 is 5.32 Å². The van der Waals surface area contributed by atoms with Gasteiger partial charge in [-0.15, -0.1) is 11.3 Å². The maximum Gasteiger partial charge on any atom is 0.261 e. The SMILES string of the molecule is CC(C)NC(=O)c1cc2c(s1)CCSC2. The normalized spacial score (nSPS) is 15.1. The highest BCUT2D eigenvalue weighted by Crippen LogP contribution is 2.31. The van der Waals surface area contributed by atoms with Gasteiger partial charge in [-0.25, -0.2) is 0 Å². The molecular formula is C11H15NOS2. The lowest BCUT2D eigenvalue weighted by molar-refractivity contribution is 0.0947. The van der Waals surface area contributed by atoms with Crippen molar-refractivity contribution in [2.24, 2.45) is 0 Å². The van der Waals surface area contributed by atoms with Crippen molar-refractivity contribution in [3.8, 4) is 0 Å². The summed E-state index contributed by atoms with van der Waals surface area (Å²) in [4.78, 5) is 14.0. The molecule has 0 aliphatic carbocycles. The molecule has 0 bridgehead atoms. The van der Waals surface area contributed by atoms with Crippen LogP contribution in [0.1, 0.15) is 34.0 Å². The first-order valence-corrected chi connectivity index (χ1v) is 7.14. The Hall–Kier alpha value is -0.480. The van der Waals surface area contributed by atoms with E-state index >= 15 is 0 Å². The number of aryl methyl sites for hydroxylation is 1. The predicted molar refractivity (Wildman–Crippen MR) is 66.8 cm³/mol. The van der Waals surface area contributed by atoms with E-state index in [1.54, 1.807) is 11.3 Å². The van der Waals surface area contributed by atoms with Gasteiger partial charge >= 0.3 is 0 Å². The number of hydrogen-bond acceptors (Lipinski definition) is 3. The number of carbonyl (C=O) groups is 1. The van der Waals surface area contributed by atoms with Crippen LogP contribution < -0.4 is 5.32 Å². The van der Waals surface area contributed by atoms with Gasteiger partial charge in [-0.3, -0.25) is 4.79 Å². The summed E-state index contributed by atoms with van der Waals surface area (Å²) < 4.78 is 0. The van der Waals surface area contributed by atoms with E-state index in [-0.39, 0.29) is 11.9 Å². The molecule has 2 rings (SSSR count). The summed E-state index contributed by atoms with van der Waals surface area (Å²) in [5.74, 6) is 2.34. The second-order valence-electron chi connectivity index (χ2n) is 3.99. The minimum absolute atomic E-state index is 0.0781. The average molecular weight is 241 g/mol. The van der Waals surface area contributed by atoms with Crippen LogP contribution in [-0.4, -0.2) is 17.7 Å². The standard InChI is InChI=1S/C11H15NOS2/c1-7(2)12-11(13)10-5-8-6-14-4-3-9(8)15-10/h5,7H,3-4,6H2,1-2H3,(H,12,13). The smallest absolute Gasteiger partial charge is 0.261 e. The molecule has 0 unspecified atom stereocenters. The molecule has 0 saturated heterocycles. The topological polar surface area (TPSA) is 29.1 Å². The van der Waals surface area contributed by atoms with Gasteiger partial charge in [0.1, 0.15) is 0 Å². The molecule has 0 atom stereocenters. The van der Waals surface area contributed by atoms with Crippen LogP contribution in [0.4, 0.5) is 0 Å². The fraction of sp³-hybridized carbons (Fsp3) is 0.545. The number of carbonyl (C=O) groups excluding carboxylic acids is 1. The Bertz CT molecular complexity index is 347. The van der Waals surface area contributed by atoms with Crippen molar-refractivity contribution in [3.63, 3.8) is 0 Å². The van der Waals surface area contributed by atoms with Gasteiger partial charge in [0.25, 0.3) is 5.91 Å². The summed E-state index contributed by atoms with van der Waals surface area (Å²) in [6.07, 6.45) is 1.12. The number of amides is 1. The summed E-state index contributed by atoms with van der Waals surface area (Å²) in [6.45, 7) is 3.97. The molecule has 1 aliphatic rings. The zero-order chi connectivity index (χ0) is 10.8. The maximum absolute atomic E-state index is 11.8. The highest BCUT2D eigenvalue weighted by Gasteiger charge is 2.17. The van der Waals surface area contributed by atoms with Crippen LogP contribution in [0.5, 0.6) is 0 Å². The van der Waals surface area contributed by atoms with Gasteiger partial charge in [-0.05, 0) is 37.7 Å². The lowest BCUT2D eigenvalue weighted by atomic mass is 10.2. The third-order valence-electron chi connectivity index (χ3n) is 2.27. The van der Waals surface area contributed by atoms with Gasteiger partial charge in [-0.1, -0.05) is 0 Å². The van der Waals surface area contributed by atoms with Gasteiger partial charge in [0.15, 0.2) is 0 Å². The third-order valence-corrected chi connectivity index (χ3v) is 4.52. The van der Waals surface area contributed by atoms with Crippen LogP contribution in [0.15, 0.2) is 6.07 Å². The molecule has 2 heterocycles. The first-order chi connectivity index (χ1) is 7.16. The monoisotopic (exact) mass is 241 g/mol. The van der Waals surface area contributed by atoms with E-state index in [0.29, 0.717) is 0 Å². The van der Waals surface area contributed by atoms with Crippen molar-refractivity contribution in [3.05, 3.63) is 21.4 Å². The molecule has 0 fully saturated rings. The molecule has 1 aliphatic heterocycles. The molecule has 4 heteroatoms. The second kappa shape index (κ2) is 4.58. The lowest BCUT2D eigenvalue weighted by Gasteiger charge is -2.08. The van der Waals surface area contributed by atoms with E-state index in [4.69, 9.17) is 0 Å². The van der Waals surface area contributed by atoms with Crippen LogP contribution >= 0.6 is 23.1 Å². The summed E-state index contributed by atoms with van der Waals surface area (Å²) in [6, 6.07) is 2.27. The maximum atomic E-state index is 11.8. The molecule has 1 aromatic heterocycles. The zero-order valence-electron chi connectivity index (χ0n) is 9.00. The first kappa shape index (κ1) is 11.0. The quantitative estimate of drug-likeness (QED) is 0.862. The van der Waals surface area contributed by atoms with E-state index in [0.717, 1.165) is 17.1 Å². The Morgan fingerprint density at radius 1 is 1.53 bits per heavy atom. The highest BCUT2D eigenvalue weighted by molar-refractivity contribution is 7.98. The van der Waals surface area contributed by atoms with Gasteiger partial charge in [0.05, 0.1) is 4.88 Å². The van der Waals surface area contributed by atoms with Crippen LogP contribution in [-0.2, 0) is 12.2 Å². The highest BCUT2D eigenvalue weighted by atomic mass is 32.2. The number of thioether (sulfide) groups is 1. The van der Waals surface area contributed by atoms with Gasteiger partial charge in [-0.2, -0.15) is 11.8 Å². The zero-order valence-corrected chi connectivity index (χ0v) is 10.6. The van der Waals surface area contributed by atoms with Gasteiger partial charge in [0, 0.05) is 16.7 Å². The largest absolute Gasteiger partial charge is 0.349 e. The van der Waals surface area contributed by atoms with Crippen LogP contribution in [0.2, 0.25) is 0 Å². The van der Waals surface area contributed by atoms with Crippen molar-refractivity contribution in [2.45, 2.75) is 32.1 Å². The van der Waals surface area contributed by atoms with Crippen LogP contribution in [0.3, 0.4) is 0 Å². The van der Waals surface area contributed by atoms with Crippen LogP contribution in [0.25, 0.3) is 0 Å². The van der Waals surface area contributed by atoms with Crippen molar-refractivity contribution in [1.29, 1.82) is 0 Å². The summed E-state index contributed by atoms with van der Waals surface area (Å²) in [7, 11) is 0. The molecule has 1 N–H and O–H groups in total. The van der Waals surface area contributed by atoms with Crippen molar-refractivity contribution < 1.29 is 4.79 Å². The molecular weight excluding hydrogens is 226 g/mol. The number of hydrogen-bond donors (Lipinski definition) is 1. The number of fused-ring (bicyclic) bond motifs is 1. The van der Waals surface area contributed by atoms with Crippen molar-refractivity contribution >= 4 is 29.0 Å². The van der Waals surface area contributed by atoms with Crippen LogP contribution in [0, 0.1) is 0 Å². The molecule has 0 saturated carbocycles. The summed E-state index contributed by atoms with van der Waals surface area (Å²) >= 11 is 3.61. The van der Waals surface area contributed by atoms with Gasteiger partial charge in [0.2, 0.25) is 0 Å². The Kier molecular flexibility index (Phi) is 3.36. The predicted octanol–water partition coefficient (Wildman–Crippen LogP) is 2.68. The Balaban J connectivity index is 2.15. The van der Waals surface area contributed by atoms with E-state index in [1.165, 1.54) is 16.2 Å². The first-order valence-electron chi connectivity index (χ1n) is 5.17. The summed E-state index contributed by atoms with van der Waals surface area (Å²) in [5, 5.41) is 2.93. The average Bonchev–Trinajstić information content (AvgIpc) is 2.59. The number of thiophene rings is 1. The lowest BCUT2D eigenvalue weighted by Crippen LogP contribution is -2.29. The molecule has 15 heavy (non-hydrogen) atoms. The molecule has 0 aromatic carbocycles. The van der Waals surface area contributed by atoms with E-state index < -0.39 is 0 Å². The van der Waals surface area contributed by atoms with E-state index in [2.05, 4.69) is 11.4 Å². The number of nitrogens with one attached hydrogen (secondary N) is 1.